The molecule has 1 fully saturated rings. The zero-order valence-electron chi connectivity index (χ0n) is 17.9. The maximum Gasteiger partial charge on any atom is 0.295 e. The molecular weight excluding hydrogens is 422 g/mol. The lowest BCUT2D eigenvalue weighted by atomic mass is 9.95. The predicted molar refractivity (Wildman–Crippen MR) is 120 cm³/mol. The van der Waals surface area contributed by atoms with Gasteiger partial charge in [0.1, 0.15) is 11.5 Å². The molecule has 33 heavy (non-hydrogen) atoms. The first-order valence-corrected chi connectivity index (χ1v) is 10.4. The zero-order valence-corrected chi connectivity index (χ0v) is 17.9. The Labute approximate surface area is 190 Å². The molecule has 1 atom stereocenters. The minimum Gasteiger partial charge on any atom is -0.507 e. The molecule has 2 heterocycles. The van der Waals surface area contributed by atoms with Gasteiger partial charge in [0.2, 0.25) is 6.79 Å². The Hall–Kier alpha value is -4.26. The molecule has 0 spiro atoms. The van der Waals surface area contributed by atoms with Crippen LogP contribution in [-0.4, -0.2) is 35.6 Å². The highest BCUT2D eigenvalue weighted by atomic mass is 16.7. The normalized spacial score (nSPS) is 18.6. The quantitative estimate of drug-likeness (QED) is 0.364. The van der Waals surface area contributed by atoms with Gasteiger partial charge in [-0.25, -0.2) is 0 Å². The van der Waals surface area contributed by atoms with Gasteiger partial charge in [-0.05, 0) is 41.5 Å². The van der Waals surface area contributed by atoms with E-state index in [0.717, 1.165) is 11.1 Å². The first-order valence-electron chi connectivity index (χ1n) is 10.4. The molecule has 1 amide bonds. The van der Waals surface area contributed by atoms with Gasteiger partial charge in [-0.3, -0.25) is 9.59 Å². The lowest BCUT2D eigenvalue weighted by Gasteiger charge is -2.25. The fourth-order valence-corrected chi connectivity index (χ4v) is 4.19. The van der Waals surface area contributed by atoms with Gasteiger partial charge in [0.05, 0.1) is 18.7 Å². The largest absolute Gasteiger partial charge is 0.507 e. The molecule has 2 aliphatic rings. The first kappa shape index (κ1) is 20.6. The van der Waals surface area contributed by atoms with Crippen LogP contribution in [-0.2, 0) is 16.1 Å². The average Bonchev–Trinajstić information content (AvgIpc) is 3.42. The Morgan fingerprint density at radius 1 is 1.00 bits per heavy atom. The van der Waals surface area contributed by atoms with Gasteiger partial charge < -0.3 is 24.2 Å². The molecule has 0 aromatic heterocycles. The number of aliphatic hydroxyl groups is 1. The van der Waals surface area contributed by atoms with Crippen LogP contribution in [0.1, 0.15) is 22.7 Å². The number of rotatable bonds is 5. The van der Waals surface area contributed by atoms with Crippen LogP contribution in [0, 0.1) is 0 Å². The number of carbonyl (C=O) groups excluding carboxylic acids is 2. The molecule has 0 saturated carbocycles. The number of ketones is 1. The fraction of sp³-hybridized carbons (Fsp3) is 0.154. The molecule has 3 aromatic rings. The molecular formula is C26H21NO6. The summed E-state index contributed by atoms with van der Waals surface area (Å²) in [5.41, 5.74) is 1.94. The molecule has 0 aliphatic carbocycles. The van der Waals surface area contributed by atoms with Gasteiger partial charge in [-0.15, -0.1) is 0 Å². The molecule has 1 N–H and O–H groups in total. The van der Waals surface area contributed by atoms with Gasteiger partial charge in [-0.2, -0.15) is 0 Å². The number of Topliss-reactive ketones (excluding diaryl/α,β-unsaturated/α-hetero) is 1. The molecule has 1 saturated heterocycles. The van der Waals surface area contributed by atoms with E-state index in [1.165, 1.54) is 4.90 Å². The van der Waals surface area contributed by atoms with Crippen LogP contribution in [0.3, 0.4) is 0 Å². The number of benzene rings is 3. The van der Waals surface area contributed by atoms with Crippen molar-refractivity contribution < 1.29 is 28.9 Å². The number of nitrogens with zero attached hydrogens (tertiary/aromatic N) is 1. The third-order valence-electron chi connectivity index (χ3n) is 5.79. The highest BCUT2D eigenvalue weighted by Crippen LogP contribution is 2.42. The predicted octanol–water partition coefficient (Wildman–Crippen LogP) is 4.05. The van der Waals surface area contributed by atoms with Gasteiger partial charge >= 0.3 is 0 Å². The number of likely N-dealkylation sites (tertiary alicyclic amines) is 1. The third-order valence-corrected chi connectivity index (χ3v) is 5.79. The molecule has 1 unspecified atom stereocenters. The van der Waals surface area contributed by atoms with Crippen LogP contribution in [0.15, 0.2) is 78.4 Å². The number of methoxy groups -OCH3 is 1. The minimum atomic E-state index is -0.747. The summed E-state index contributed by atoms with van der Waals surface area (Å²) in [6, 6.07) is 20.7. The lowest BCUT2D eigenvalue weighted by Crippen LogP contribution is -2.29. The topological polar surface area (TPSA) is 85.3 Å². The molecule has 0 bridgehead atoms. The van der Waals surface area contributed by atoms with Crippen LogP contribution < -0.4 is 14.2 Å². The Morgan fingerprint density at radius 3 is 2.58 bits per heavy atom. The summed E-state index contributed by atoms with van der Waals surface area (Å²) in [4.78, 5) is 27.8. The number of carbonyl (C=O) groups is 2. The van der Waals surface area contributed by atoms with Crippen molar-refractivity contribution in [1.29, 1.82) is 0 Å². The number of amides is 1. The zero-order chi connectivity index (χ0) is 22.9. The van der Waals surface area contributed by atoms with E-state index in [0.29, 0.717) is 22.8 Å². The average molecular weight is 443 g/mol. The standard InChI is InChI=1S/C26H21NO6/c1-31-19-9-5-6-16(12-19)14-27-23(17-7-3-2-4-8-17)22(25(29)26(27)30)24(28)18-10-11-20-21(13-18)33-15-32-20/h2-13,23,28H,14-15H2,1H3/b24-22-. The van der Waals surface area contributed by atoms with E-state index in [4.69, 9.17) is 14.2 Å². The van der Waals surface area contributed by atoms with E-state index in [1.54, 1.807) is 25.3 Å². The lowest BCUT2D eigenvalue weighted by molar-refractivity contribution is -0.140. The second-order valence-electron chi connectivity index (χ2n) is 7.76. The van der Waals surface area contributed by atoms with Crippen LogP contribution >= 0.6 is 0 Å². The van der Waals surface area contributed by atoms with Crippen LogP contribution in [0.2, 0.25) is 0 Å². The number of ether oxygens (including phenoxy) is 3. The molecule has 166 valence electrons. The molecule has 5 rings (SSSR count). The highest BCUT2D eigenvalue weighted by Gasteiger charge is 2.46. The minimum absolute atomic E-state index is 0.0351. The smallest absolute Gasteiger partial charge is 0.295 e. The molecule has 7 heteroatoms. The van der Waals surface area contributed by atoms with Crippen molar-refractivity contribution >= 4 is 17.4 Å². The van der Waals surface area contributed by atoms with Gasteiger partial charge in [0.25, 0.3) is 11.7 Å². The summed E-state index contributed by atoms with van der Waals surface area (Å²) in [6.07, 6.45) is 0. The molecule has 2 aliphatic heterocycles. The van der Waals surface area contributed by atoms with Crippen molar-refractivity contribution in [2.75, 3.05) is 13.9 Å². The van der Waals surface area contributed by atoms with Gasteiger partial charge in [0.15, 0.2) is 11.5 Å². The van der Waals surface area contributed by atoms with E-state index in [9.17, 15) is 14.7 Å². The van der Waals surface area contributed by atoms with Gasteiger partial charge in [0, 0.05) is 12.1 Å². The Morgan fingerprint density at radius 2 is 1.79 bits per heavy atom. The van der Waals surface area contributed by atoms with E-state index < -0.39 is 17.7 Å². The van der Waals surface area contributed by atoms with Crippen molar-refractivity contribution in [3.05, 3.63) is 95.1 Å². The molecule has 0 radical (unpaired) electrons. The highest BCUT2D eigenvalue weighted by molar-refractivity contribution is 6.46. The van der Waals surface area contributed by atoms with Crippen LogP contribution in [0.4, 0.5) is 0 Å². The van der Waals surface area contributed by atoms with Crippen LogP contribution in [0.5, 0.6) is 17.2 Å². The maximum atomic E-state index is 13.2. The monoisotopic (exact) mass is 443 g/mol. The summed E-state index contributed by atoms with van der Waals surface area (Å²) >= 11 is 0. The fourth-order valence-electron chi connectivity index (χ4n) is 4.19. The van der Waals surface area contributed by atoms with Gasteiger partial charge in [-0.1, -0.05) is 42.5 Å². The number of hydrogen-bond donors (Lipinski definition) is 1. The second kappa shape index (κ2) is 8.35. The summed E-state index contributed by atoms with van der Waals surface area (Å²) in [5.74, 6) is 0.0239. The van der Waals surface area contributed by atoms with Crippen molar-refractivity contribution in [2.45, 2.75) is 12.6 Å². The number of hydrogen-bond acceptors (Lipinski definition) is 6. The summed E-state index contributed by atoms with van der Waals surface area (Å²) in [7, 11) is 1.57. The van der Waals surface area contributed by atoms with E-state index in [2.05, 4.69) is 0 Å². The van der Waals surface area contributed by atoms with Crippen molar-refractivity contribution in [2.24, 2.45) is 0 Å². The molecule has 7 nitrogen and oxygen atoms in total. The maximum absolute atomic E-state index is 13.2. The third kappa shape index (κ3) is 3.67. The summed E-state index contributed by atoms with van der Waals surface area (Å²) < 4.78 is 16.0. The summed E-state index contributed by atoms with van der Waals surface area (Å²) in [6.45, 7) is 0.272. The number of aliphatic hydroxyl groups excluding tert-OH is 1. The van der Waals surface area contributed by atoms with E-state index in [-0.39, 0.29) is 24.7 Å². The number of fused-ring (bicyclic) bond motifs is 1. The first-order chi connectivity index (χ1) is 16.1. The molecule has 3 aromatic carbocycles. The second-order valence-corrected chi connectivity index (χ2v) is 7.76. The van der Waals surface area contributed by atoms with Crippen molar-refractivity contribution in [3.63, 3.8) is 0 Å². The SMILES string of the molecule is COc1cccc(CN2C(=O)C(=O)/C(=C(\O)c3ccc4c(c3)OCO4)C2c2ccccc2)c1. The van der Waals surface area contributed by atoms with Crippen molar-refractivity contribution in [3.8, 4) is 17.2 Å². The van der Waals surface area contributed by atoms with Crippen molar-refractivity contribution in [1.82, 2.24) is 4.90 Å². The van der Waals surface area contributed by atoms with Crippen LogP contribution in [0.25, 0.3) is 5.76 Å². The van der Waals surface area contributed by atoms with E-state index >= 15 is 0 Å². The Kier molecular flexibility index (Phi) is 5.22. The Bertz CT molecular complexity index is 1270. The van der Waals surface area contributed by atoms with E-state index in [1.807, 2.05) is 54.6 Å². The summed E-state index contributed by atoms with van der Waals surface area (Å²) in [5, 5.41) is 11.2. The Balaban J connectivity index is 1.61.